The highest BCUT2D eigenvalue weighted by Gasteiger charge is 2.33. The van der Waals surface area contributed by atoms with E-state index < -0.39 is 24.0 Å². The Labute approximate surface area is 142 Å². The number of esters is 2. The van der Waals surface area contributed by atoms with E-state index in [0.29, 0.717) is 5.75 Å². The van der Waals surface area contributed by atoms with Gasteiger partial charge in [-0.25, -0.2) is 0 Å². The molecule has 1 rings (SSSR count). The van der Waals surface area contributed by atoms with E-state index in [9.17, 15) is 9.59 Å². The minimum absolute atomic E-state index is 0.0933. The summed E-state index contributed by atoms with van der Waals surface area (Å²) >= 11 is 0. The van der Waals surface area contributed by atoms with Crippen LogP contribution in [-0.2, 0) is 23.8 Å². The Morgan fingerprint density at radius 2 is 1.62 bits per heavy atom. The lowest BCUT2D eigenvalue weighted by molar-refractivity contribution is -0.163. The minimum Gasteiger partial charge on any atom is -0.497 e. The lowest BCUT2D eigenvalue weighted by atomic mass is 9.96. The van der Waals surface area contributed by atoms with E-state index in [0.717, 1.165) is 5.56 Å². The molecule has 0 aliphatic carbocycles. The summed E-state index contributed by atoms with van der Waals surface area (Å²) in [6, 6.07) is 7.16. The maximum atomic E-state index is 12.1. The summed E-state index contributed by atoms with van der Waals surface area (Å²) in [6.07, 6.45) is 0.838. The van der Waals surface area contributed by atoms with Gasteiger partial charge in [0.1, 0.15) is 11.9 Å². The van der Waals surface area contributed by atoms with E-state index in [1.165, 1.54) is 6.26 Å². The van der Waals surface area contributed by atoms with Crippen molar-refractivity contribution in [2.75, 3.05) is 20.3 Å². The molecule has 0 amide bonds. The van der Waals surface area contributed by atoms with Crippen molar-refractivity contribution in [3.05, 3.63) is 42.7 Å². The zero-order valence-corrected chi connectivity index (χ0v) is 14.3. The monoisotopic (exact) mass is 336 g/mol. The first-order valence-electron chi connectivity index (χ1n) is 7.80. The van der Waals surface area contributed by atoms with E-state index in [2.05, 4.69) is 6.58 Å². The molecule has 6 nitrogen and oxygen atoms in total. The molecular formula is C18H24O6. The molecule has 0 aliphatic rings. The van der Waals surface area contributed by atoms with Gasteiger partial charge in [0, 0.05) is 6.42 Å². The first-order chi connectivity index (χ1) is 11.6. The standard InChI is InChI=1S/C18H24O6/c1-5-22-16(13-8-10-14(21-4)11-9-13)12-15(17(19)23-6-2)18(20)24-7-3/h5,8-11,15-16H,1,6-7,12H2,2-4H3. The second-order valence-corrected chi connectivity index (χ2v) is 4.86. The van der Waals surface area contributed by atoms with Crippen molar-refractivity contribution in [3.63, 3.8) is 0 Å². The van der Waals surface area contributed by atoms with Gasteiger partial charge < -0.3 is 18.9 Å². The number of ether oxygens (including phenoxy) is 4. The van der Waals surface area contributed by atoms with E-state index in [1.54, 1.807) is 45.2 Å². The lowest BCUT2D eigenvalue weighted by Gasteiger charge is -2.21. The van der Waals surface area contributed by atoms with Gasteiger partial charge in [-0.3, -0.25) is 9.59 Å². The fraction of sp³-hybridized carbons (Fsp3) is 0.444. The topological polar surface area (TPSA) is 71.1 Å². The Balaban J connectivity index is 2.99. The predicted molar refractivity (Wildman–Crippen MR) is 88.4 cm³/mol. The molecule has 0 aliphatic heterocycles. The van der Waals surface area contributed by atoms with Gasteiger partial charge in [-0.2, -0.15) is 0 Å². The number of methoxy groups -OCH3 is 1. The van der Waals surface area contributed by atoms with E-state index in [-0.39, 0.29) is 19.6 Å². The summed E-state index contributed by atoms with van der Waals surface area (Å²) in [4.78, 5) is 24.2. The number of carbonyl (C=O) groups excluding carboxylic acids is 2. The van der Waals surface area contributed by atoms with Gasteiger partial charge in [-0.05, 0) is 31.5 Å². The smallest absolute Gasteiger partial charge is 0.320 e. The van der Waals surface area contributed by atoms with Crippen LogP contribution in [0.4, 0.5) is 0 Å². The molecular weight excluding hydrogens is 312 g/mol. The summed E-state index contributed by atoms with van der Waals surface area (Å²) in [5.74, 6) is -1.61. The third-order valence-corrected chi connectivity index (χ3v) is 3.34. The zero-order chi connectivity index (χ0) is 17.9. The predicted octanol–water partition coefficient (Wildman–Crippen LogP) is 3.03. The van der Waals surface area contributed by atoms with E-state index >= 15 is 0 Å². The Bertz CT molecular complexity index is 519. The van der Waals surface area contributed by atoms with Crippen molar-refractivity contribution in [2.45, 2.75) is 26.4 Å². The van der Waals surface area contributed by atoms with E-state index in [4.69, 9.17) is 18.9 Å². The first kappa shape index (κ1) is 19.5. The number of hydrogen-bond acceptors (Lipinski definition) is 6. The summed E-state index contributed by atoms with van der Waals surface area (Å²) in [6.45, 7) is 7.28. The van der Waals surface area contributed by atoms with Crippen LogP contribution in [0.1, 0.15) is 31.9 Å². The van der Waals surface area contributed by atoms with Crippen LogP contribution in [0, 0.1) is 5.92 Å². The van der Waals surface area contributed by atoms with Crippen molar-refractivity contribution in [3.8, 4) is 5.75 Å². The Kier molecular flexibility index (Phi) is 8.39. The molecule has 0 saturated heterocycles. The van der Waals surface area contributed by atoms with Crippen molar-refractivity contribution in [2.24, 2.45) is 5.92 Å². The van der Waals surface area contributed by atoms with Crippen LogP contribution in [0.25, 0.3) is 0 Å². The fourth-order valence-electron chi connectivity index (χ4n) is 2.19. The molecule has 0 saturated carbocycles. The maximum Gasteiger partial charge on any atom is 0.320 e. The van der Waals surface area contributed by atoms with Gasteiger partial charge in [0.05, 0.1) is 26.6 Å². The highest BCUT2D eigenvalue weighted by atomic mass is 16.6. The number of benzene rings is 1. The second kappa shape index (κ2) is 10.3. The van der Waals surface area contributed by atoms with Gasteiger partial charge in [-0.15, -0.1) is 0 Å². The average Bonchev–Trinajstić information content (AvgIpc) is 2.59. The van der Waals surface area contributed by atoms with Crippen LogP contribution < -0.4 is 4.74 Å². The molecule has 0 radical (unpaired) electrons. The molecule has 0 heterocycles. The normalized spacial score (nSPS) is 11.5. The summed E-state index contributed by atoms with van der Waals surface area (Å²) in [5, 5.41) is 0. The van der Waals surface area contributed by atoms with Crippen LogP contribution in [0.3, 0.4) is 0 Å². The van der Waals surface area contributed by atoms with Crippen molar-refractivity contribution in [1.82, 2.24) is 0 Å². The van der Waals surface area contributed by atoms with Gasteiger partial charge in [0.25, 0.3) is 0 Å². The average molecular weight is 336 g/mol. The molecule has 0 N–H and O–H groups in total. The van der Waals surface area contributed by atoms with Crippen molar-refractivity contribution < 1.29 is 28.5 Å². The molecule has 0 spiro atoms. The highest BCUT2D eigenvalue weighted by molar-refractivity contribution is 5.94. The van der Waals surface area contributed by atoms with Gasteiger partial charge >= 0.3 is 11.9 Å². The second-order valence-electron chi connectivity index (χ2n) is 4.86. The Morgan fingerprint density at radius 1 is 1.08 bits per heavy atom. The molecule has 0 aromatic heterocycles. The number of carbonyl (C=O) groups is 2. The Morgan fingerprint density at radius 3 is 2.04 bits per heavy atom. The van der Waals surface area contributed by atoms with Gasteiger partial charge in [0.15, 0.2) is 5.92 Å². The fourth-order valence-corrected chi connectivity index (χ4v) is 2.19. The third-order valence-electron chi connectivity index (χ3n) is 3.34. The highest BCUT2D eigenvalue weighted by Crippen LogP contribution is 2.28. The van der Waals surface area contributed by atoms with Crippen LogP contribution in [0.2, 0.25) is 0 Å². The molecule has 132 valence electrons. The molecule has 0 bridgehead atoms. The summed E-state index contributed by atoms with van der Waals surface area (Å²) < 4.78 is 20.6. The van der Waals surface area contributed by atoms with Crippen molar-refractivity contribution in [1.29, 1.82) is 0 Å². The largest absolute Gasteiger partial charge is 0.497 e. The molecule has 1 unspecified atom stereocenters. The quantitative estimate of drug-likeness (QED) is 0.371. The molecule has 24 heavy (non-hydrogen) atoms. The first-order valence-corrected chi connectivity index (χ1v) is 7.80. The van der Waals surface area contributed by atoms with Crippen LogP contribution in [0.5, 0.6) is 5.75 Å². The lowest BCUT2D eigenvalue weighted by Crippen LogP contribution is -2.30. The zero-order valence-electron chi connectivity index (χ0n) is 14.3. The van der Waals surface area contributed by atoms with E-state index in [1.807, 2.05) is 0 Å². The molecule has 1 aromatic carbocycles. The number of rotatable bonds is 10. The van der Waals surface area contributed by atoms with Gasteiger partial charge in [-0.1, -0.05) is 18.7 Å². The van der Waals surface area contributed by atoms with Crippen LogP contribution in [0.15, 0.2) is 37.1 Å². The molecule has 0 fully saturated rings. The molecule has 6 heteroatoms. The minimum atomic E-state index is -1.06. The van der Waals surface area contributed by atoms with Gasteiger partial charge in [0.2, 0.25) is 0 Å². The number of hydrogen-bond donors (Lipinski definition) is 0. The van der Waals surface area contributed by atoms with Crippen LogP contribution >= 0.6 is 0 Å². The molecule has 1 atom stereocenters. The summed E-state index contributed by atoms with van der Waals surface area (Å²) in [7, 11) is 1.57. The summed E-state index contributed by atoms with van der Waals surface area (Å²) in [5.41, 5.74) is 0.786. The SMILES string of the molecule is C=COC(CC(C(=O)OCC)C(=O)OCC)c1ccc(OC)cc1. The van der Waals surface area contributed by atoms with Crippen LogP contribution in [-0.4, -0.2) is 32.3 Å². The Hall–Kier alpha value is -2.50. The maximum absolute atomic E-state index is 12.1. The van der Waals surface area contributed by atoms with Crippen molar-refractivity contribution >= 4 is 11.9 Å². The molecule has 1 aromatic rings. The third kappa shape index (κ3) is 5.61.